The number of nitrogens with two attached hydrogens (primary N) is 1. The molecule has 2 nitrogen and oxygen atoms in total. The molecule has 0 radical (unpaired) electrons. The molecule has 0 unspecified atom stereocenters. The van der Waals surface area contributed by atoms with Crippen LogP contribution in [0.15, 0.2) is 22.7 Å². The van der Waals surface area contributed by atoms with E-state index in [0.29, 0.717) is 23.0 Å². The van der Waals surface area contributed by atoms with E-state index in [1.54, 1.807) is 6.07 Å². The second kappa shape index (κ2) is 4.63. The monoisotopic (exact) mass is 326 g/mol. The van der Waals surface area contributed by atoms with Crippen molar-refractivity contribution in [1.82, 2.24) is 4.98 Å². The molecule has 1 aromatic heterocycles. The highest BCUT2D eigenvalue weighted by Gasteiger charge is 2.29. The molecule has 0 aliphatic heterocycles. The van der Waals surface area contributed by atoms with E-state index in [1.165, 1.54) is 30.2 Å². The number of hydrogen-bond acceptors (Lipinski definition) is 3. The molecule has 5 heteroatoms. The van der Waals surface area contributed by atoms with E-state index in [-0.39, 0.29) is 5.82 Å². The summed E-state index contributed by atoms with van der Waals surface area (Å²) in [6, 6.07) is 5.02. The number of benzene rings is 1. The van der Waals surface area contributed by atoms with Crippen molar-refractivity contribution in [3.8, 4) is 0 Å². The number of halogens is 2. The van der Waals surface area contributed by atoms with Gasteiger partial charge in [-0.05, 0) is 36.6 Å². The molecule has 0 atom stereocenters. The Morgan fingerprint density at radius 1 is 1.44 bits per heavy atom. The molecule has 18 heavy (non-hydrogen) atoms. The summed E-state index contributed by atoms with van der Waals surface area (Å²) in [6.07, 6.45) is 2.93. The van der Waals surface area contributed by atoms with E-state index in [1.807, 2.05) is 6.07 Å². The van der Waals surface area contributed by atoms with Gasteiger partial charge in [-0.1, -0.05) is 15.9 Å². The molecule has 1 aliphatic rings. The molecule has 2 aromatic rings. The van der Waals surface area contributed by atoms with Crippen LogP contribution in [0.3, 0.4) is 0 Å². The molecule has 2 N–H and O–H groups in total. The topological polar surface area (TPSA) is 38.9 Å². The Morgan fingerprint density at radius 3 is 2.94 bits per heavy atom. The fraction of sp³-hybridized carbons (Fsp3) is 0.308. The van der Waals surface area contributed by atoms with Crippen molar-refractivity contribution >= 4 is 32.4 Å². The first-order valence-electron chi connectivity index (χ1n) is 5.82. The quantitative estimate of drug-likeness (QED) is 0.922. The summed E-state index contributed by atoms with van der Waals surface area (Å²) in [5.41, 5.74) is 7.54. The zero-order chi connectivity index (χ0) is 12.7. The van der Waals surface area contributed by atoms with E-state index in [0.717, 1.165) is 15.0 Å². The van der Waals surface area contributed by atoms with Crippen molar-refractivity contribution in [2.24, 2.45) is 0 Å². The Kier molecular flexibility index (Phi) is 3.11. The van der Waals surface area contributed by atoms with Crippen LogP contribution in [0, 0.1) is 5.82 Å². The van der Waals surface area contributed by atoms with Gasteiger partial charge in [0.15, 0.2) is 5.13 Å². The van der Waals surface area contributed by atoms with E-state index < -0.39 is 0 Å². The summed E-state index contributed by atoms with van der Waals surface area (Å²) < 4.78 is 14.6. The van der Waals surface area contributed by atoms with Crippen molar-refractivity contribution in [3.63, 3.8) is 0 Å². The van der Waals surface area contributed by atoms with Crippen LogP contribution < -0.4 is 5.73 Å². The van der Waals surface area contributed by atoms with Gasteiger partial charge in [0.1, 0.15) is 5.82 Å². The zero-order valence-corrected chi connectivity index (χ0v) is 12.0. The fourth-order valence-corrected chi connectivity index (χ4v) is 3.39. The van der Waals surface area contributed by atoms with Crippen LogP contribution in [0.4, 0.5) is 9.52 Å². The highest BCUT2D eigenvalue weighted by atomic mass is 79.9. The lowest BCUT2D eigenvalue weighted by Crippen LogP contribution is -1.94. The first-order valence-corrected chi connectivity index (χ1v) is 7.43. The summed E-state index contributed by atoms with van der Waals surface area (Å²) in [6.45, 7) is 0. The van der Waals surface area contributed by atoms with Gasteiger partial charge in [0.25, 0.3) is 0 Å². The standard InChI is InChI=1S/C13H12BrFN2S/c14-9-3-4-10(15)8(5-9)6-11-12(7-1-2-7)17-13(16)18-11/h3-5,7H,1-2,6H2,(H2,16,17). The minimum Gasteiger partial charge on any atom is -0.375 e. The van der Waals surface area contributed by atoms with Gasteiger partial charge in [0, 0.05) is 21.7 Å². The molecule has 0 amide bonds. The number of aromatic nitrogens is 1. The molecule has 1 saturated carbocycles. The lowest BCUT2D eigenvalue weighted by Gasteiger charge is -2.04. The molecular weight excluding hydrogens is 315 g/mol. The molecule has 94 valence electrons. The number of nitrogen functional groups attached to an aromatic ring is 1. The first-order chi connectivity index (χ1) is 8.63. The smallest absolute Gasteiger partial charge is 0.180 e. The van der Waals surface area contributed by atoms with Crippen LogP contribution in [0.25, 0.3) is 0 Å². The third kappa shape index (κ3) is 2.42. The maximum absolute atomic E-state index is 13.7. The van der Waals surface area contributed by atoms with Gasteiger partial charge in [-0.3, -0.25) is 0 Å². The Hall–Kier alpha value is -0.940. The summed E-state index contributed by atoms with van der Waals surface area (Å²) >= 11 is 4.85. The predicted molar refractivity (Wildman–Crippen MR) is 75.4 cm³/mol. The average Bonchev–Trinajstić information content (AvgIpc) is 3.09. The second-order valence-corrected chi connectivity index (χ2v) is 6.58. The third-order valence-electron chi connectivity index (χ3n) is 3.07. The fourth-order valence-electron chi connectivity index (χ4n) is 2.04. The molecule has 1 aromatic carbocycles. The van der Waals surface area contributed by atoms with Crippen LogP contribution >= 0.6 is 27.3 Å². The number of thiazole rings is 1. The molecule has 1 fully saturated rings. The van der Waals surface area contributed by atoms with Gasteiger partial charge >= 0.3 is 0 Å². The Morgan fingerprint density at radius 2 is 2.22 bits per heavy atom. The third-order valence-corrected chi connectivity index (χ3v) is 4.46. The van der Waals surface area contributed by atoms with Gasteiger partial charge in [-0.15, -0.1) is 11.3 Å². The second-order valence-electron chi connectivity index (χ2n) is 4.55. The van der Waals surface area contributed by atoms with Gasteiger partial charge in [-0.25, -0.2) is 9.37 Å². The van der Waals surface area contributed by atoms with Gasteiger partial charge in [0.2, 0.25) is 0 Å². The van der Waals surface area contributed by atoms with Crippen LogP contribution in [0.1, 0.15) is 34.9 Å². The largest absolute Gasteiger partial charge is 0.375 e. The predicted octanol–water partition coefficient (Wildman–Crippen LogP) is 4.10. The van der Waals surface area contributed by atoms with Crippen molar-refractivity contribution in [3.05, 3.63) is 44.6 Å². The van der Waals surface area contributed by atoms with Gasteiger partial charge in [-0.2, -0.15) is 0 Å². The van der Waals surface area contributed by atoms with Crippen molar-refractivity contribution in [2.75, 3.05) is 5.73 Å². The Bertz CT molecular complexity index is 593. The summed E-state index contributed by atoms with van der Waals surface area (Å²) in [5.74, 6) is 0.371. The van der Waals surface area contributed by atoms with Crippen LogP contribution in [-0.4, -0.2) is 4.98 Å². The highest BCUT2D eigenvalue weighted by molar-refractivity contribution is 9.10. The summed E-state index contributed by atoms with van der Waals surface area (Å²) in [5, 5.41) is 0.585. The van der Waals surface area contributed by atoms with Crippen molar-refractivity contribution in [2.45, 2.75) is 25.2 Å². The summed E-state index contributed by atoms with van der Waals surface area (Å²) in [4.78, 5) is 5.49. The number of rotatable bonds is 3. The SMILES string of the molecule is Nc1nc(C2CC2)c(Cc2cc(Br)ccc2F)s1. The zero-order valence-electron chi connectivity index (χ0n) is 9.62. The molecule has 1 heterocycles. The summed E-state index contributed by atoms with van der Waals surface area (Å²) in [7, 11) is 0. The molecular formula is C13H12BrFN2S. The molecule has 0 spiro atoms. The van der Waals surface area contributed by atoms with Gasteiger partial charge < -0.3 is 5.73 Å². The minimum atomic E-state index is -0.174. The lowest BCUT2D eigenvalue weighted by atomic mass is 10.1. The van der Waals surface area contributed by atoms with Crippen molar-refractivity contribution < 1.29 is 4.39 Å². The maximum Gasteiger partial charge on any atom is 0.180 e. The van der Waals surface area contributed by atoms with Gasteiger partial charge in [0.05, 0.1) is 5.69 Å². The number of hydrogen-bond donors (Lipinski definition) is 1. The molecule has 0 bridgehead atoms. The maximum atomic E-state index is 13.7. The number of anilines is 1. The molecule has 3 rings (SSSR count). The van der Waals surface area contributed by atoms with E-state index in [4.69, 9.17) is 5.73 Å². The first kappa shape index (κ1) is 12.1. The number of nitrogens with zero attached hydrogens (tertiary/aromatic N) is 1. The normalized spacial score (nSPS) is 15.0. The van der Waals surface area contributed by atoms with Crippen LogP contribution in [-0.2, 0) is 6.42 Å². The van der Waals surface area contributed by atoms with Crippen molar-refractivity contribution in [1.29, 1.82) is 0 Å². The Labute approximate surface area is 117 Å². The van der Waals surface area contributed by atoms with Crippen LogP contribution in [0.2, 0.25) is 0 Å². The minimum absolute atomic E-state index is 0.174. The lowest BCUT2D eigenvalue weighted by molar-refractivity contribution is 0.613. The van der Waals surface area contributed by atoms with E-state index in [9.17, 15) is 4.39 Å². The van der Waals surface area contributed by atoms with E-state index in [2.05, 4.69) is 20.9 Å². The average molecular weight is 327 g/mol. The molecule has 0 saturated heterocycles. The van der Waals surface area contributed by atoms with E-state index >= 15 is 0 Å². The molecule has 1 aliphatic carbocycles. The van der Waals surface area contributed by atoms with Crippen LogP contribution in [0.5, 0.6) is 0 Å². The Balaban J connectivity index is 1.94. The highest BCUT2D eigenvalue weighted by Crippen LogP contribution is 2.43.